The van der Waals surface area contributed by atoms with Gasteiger partial charge < -0.3 is 0 Å². The van der Waals surface area contributed by atoms with Crippen LogP contribution in [0.25, 0.3) is 111 Å². The number of hydrogen-bond donors (Lipinski definition) is 0. The summed E-state index contributed by atoms with van der Waals surface area (Å²) in [4.78, 5) is 10.6. The van der Waals surface area contributed by atoms with Crippen molar-refractivity contribution < 1.29 is 0 Å². The maximum atomic E-state index is 5.31. The van der Waals surface area contributed by atoms with E-state index in [9.17, 15) is 0 Å². The second-order valence-electron chi connectivity index (χ2n) is 15.4. The normalized spacial score (nSPS) is 11.7. The molecule has 4 heterocycles. The number of hydrogen-bond acceptors (Lipinski definition) is 2. The van der Waals surface area contributed by atoms with Crippen molar-refractivity contribution in [1.29, 1.82) is 0 Å². The minimum atomic E-state index is 0.839. The molecular weight excluding hydrogens is 729 g/mol. The molecule has 0 radical (unpaired) electrons. The van der Waals surface area contributed by atoms with Gasteiger partial charge in [-0.15, -0.1) is 0 Å². The minimum absolute atomic E-state index is 0.839. The van der Waals surface area contributed by atoms with E-state index in [2.05, 4.69) is 228 Å². The molecule has 8 aromatic carbocycles. The summed E-state index contributed by atoms with van der Waals surface area (Å²) in [5.74, 6) is 1.71. The second kappa shape index (κ2) is 13.8. The molecule has 0 saturated carbocycles. The summed E-state index contributed by atoms with van der Waals surface area (Å²) in [6.45, 7) is 0. The molecular formula is C56H36N4. The number of pyridine rings is 2. The first-order valence-corrected chi connectivity index (χ1v) is 20.4. The first kappa shape index (κ1) is 34.0. The van der Waals surface area contributed by atoms with E-state index in [1.54, 1.807) is 0 Å². The lowest BCUT2D eigenvalue weighted by Crippen LogP contribution is -2.01. The molecule has 0 aliphatic carbocycles. The van der Waals surface area contributed by atoms with E-state index in [4.69, 9.17) is 9.97 Å². The summed E-state index contributed by atoms with van der Waals surface area (Å²) >= 11 is 0. The van der Waals surface area contributed by atoms with Gasteiger partial charge in [0.2, 0.25) is 0 Å². The van der Waals surface area contributed by atoms with Gasteiger partial charge >= 0.3 is 0 Å². The number of benzene rings is 8. The Morgan fingerprint density at radius 2 is 0.500 bits per heavy atom. The maximum Gasteiger partial charge on any atom is 0.138 e. The van der Waals surface area contributed by atoms with E-state index in [1.165, 1.54) is 66.1 Å². The van der Waals surface area contributed by atoms with Crippen molar-refractivity contribution in [3.8, 4) is 56.1 Å². The standard InChI is InChI=1S/C56H36N4/c1-5-13-37(14-6-1)41-21-27-51-45(33-41)46-34-42(38-15-7-2-8-16-38)22-28-52(46)59(51)55-31-25-50-49(57-55)26-32-56(58-50)60-53-29-23-43(39-17-9-3-10-18-39)35-47(53)48-36-44(24-30-54(48)60)40-19-11-4-12-20-40/h1-36H. The molecule has 4 nitrogen and oxygen atoms in total. The summed E-state index contributed by atoms with van der Waals surface area (Å²) < 4.78 is 4.59. The predicted octanol–water partition coefficient (Wildman–Crippen LogP) is 14.5. The molecule has 4 aromatic heterocycles. The summed E-state index contributed by atoms with van der Waals surface area (Å²) in [7, 11) is 0. The molecule has 12 rings (SSSR count). The van der Waals surface area contributed by atoms with Crippen LogP contribution in [0.4, 0.5) is 0 Å². The summed E-state index contributed by atoms with van der Waals surface area (Å²) in [6, 6.07) is 78.0. The van der Waals surface area contributed by atoms with Crippen LogP contribution in [0.5, 0.6) is 0 Å². The molecule has 0 aliphatic heterocycles. The van der Waals surface area contributed by atoms with Crippen molar-refractivity contribution in [3.05, 3.63) is 218 Å². The van der Waals surface area contributed by atoms with Gasteiger partial charge in [0.25, 0.3) is 0 Å². The van der Waals surface area contributed by atoms with E-state index in [1.807, 2.05) is 0 Å². The number of fused-ring (bicyclic) bond motifs is 7. The van der Waals surface area contributed by atoms with Crippen LogP contribution < -0.4 is 0 Å². The Morgan fingerprint density at radius 3 is 0.767 bits per heavy atom. The fourth-order valence-corrected chi connectivity index (χ4v) is 9.02. The number of aromatic nitrogens is 4. The fraction of sp³-hybridized carbons (Fsp3) is 0. The second-order valence-corrected chi connectivity index (χ2v) is 15.4. The molecule has 0 N–H and O–H groups in total. The molecule has 4 heteroatoms. The Balaban J connectivity index is 1.01. The van der Waals surface area contributed by atoms with Gasteiger partial charge in [-0.3, -0.25) is 9.13 Å². The fourth-order valence-electron chi connectivity index (χ4n) is 9.02. The van der Waals surface area contributed by atoms with Crippen molar-refractivity contribution in [2.24, 2.45) is 0 Å². The van der Waals surface area contributed by atoms with Crippen LogP contribution in [0.1, 0.15) is 0 Å². The minimum Gasteiger partial charge on any atom is -0.294 e. The molecule has 0 bridgehead atoms. The highest BCUT2D eigenvalue weighted by molar-refractivity contribution is 6.13. The van der Waals surface area contributed by atoms with Gasteiger partial charge in [0.15, 0.2) is 0 Å². The first-order valence-electron chi connectivity index (χ1n) is 20.4. The Hall–Kier alpha value is -8.08. The van der Waals surface area contributed by atoms with Crippen LogP contribution in [-0.4, -0.2) is 19.1 Å². The lowest BCUT2D eigenvalue weighted by atomic mass is 10.0. The van der Waals surface area contributed by atoms with Gasteiger partial charge in [0.1, 0.15) is 11.6 Å². The average molecular weight is 765 g/mol. The van der Waals surface area contributed by atoms with Crippen molar-refractivity contribution in [2.45, 2.75) is 0 Å². The molecule has 60 heavy (non-hydrogen) atoms. The molecule has 0 amide bonds. The zero-order chi connectivity index (χ0) is 39.6. The van der Waals surface area contributed by atoms with Gasteiger partial charge in [-0.2, -0.15) is 0 Å². The van der Waals surface area contributed by atoms with E-state index < -0.39 is 0 Å². The smallest absolute Gasteiger partial charge is 0.138 e. The molecule has 0 spiro atoms. The average Bonchev–Trinajstić information content (AvgIpc) is 3.83. The molecule has 0 saturated heterocycles. The lowest BCUT2D eigenvalue weighted by molar-refractivity contribution is 1.08. The lowest BCUT2D eigenvalue weighted by Gasteiger charge is -2.11. The van der Waals surface area contributed by atoms with Crippen LogP contribution in [0.2, 0.25) is 0 Å². The SMILES string of the molecule is c1ccc(-c2ccc3c(c2)c2cc(-c4ccccc4)ccc2n3-c2ccc3nc(-n4c5ccc(-c6ccccc6)cc5c5cc(-c6ccccc6)ccc54)ccc3n2)cc1. The Bertz CT molecular complexity index is 3140. The van der Waals surface area contributed by atoms with E-state index in [-0.39, 0.29) is 0 Å². The van der Waals surface area contributed by atoms with Crippen LogP contribution in [-0.2, 0) is 0 Å². The molecule has 0 unspecified atom stereocenters. The zero-order valence-corrected chi connectivity index (χ0v) is 32.6. The highest BCUT2D eigenvalue weighted by atomic mass is 15.1. The first-order chi connectivity index (χ1) is 29.7. The number of rotatable bonds is 6. The molecule has 280 valence electrons. The summed E-state index contributed by atoms with van der Waals surface area (Å²) in [6.07, 6.45) is 0. The van der Waals surface area contributed by atoms with Crippen molar-refractivity contribution in [1.82, 2.24) is 19.1 Å². The molecule has 0 atom stereocenters. The Kier molecular flexibility index (Phi) is 7.82. The van der Waals surface area contributed by atoms with Crippen LogP contribution in [0.15, 0.2) is 218 Å². The van der Waals surface area contributed by atoms with Gasteiger partial charge in [-0.1, -0.05) is 146 Å². The topological polar surface area (TPSA) is 35.6 Å². The van der Waals surface area contributed by atoms with Gasteiger partial charge in [0.05, 0.1) is 33.1 Å². The largest absolute Gasteiger partial charge is 0.294 e. The van der Waals surface area contributed by atoms with Gasteiger partial charge in [-0.05, 0) is 117 Å². The van der Waals surface area contributed by atoms with E-state index in [0.29, 0.717) is 0 Å². The Morgan fingerprint density at radius 1 is 0.233 bits per heavy atom. The maximum absolute atomic E-state index is 5.31. The van der Waals surface area contributed by atoms with Crippen molar-refractivity contribution in [2.75, 3.05) is 0 Å². The monoisotopic (exact) mass is 764 g/mol. The van der Waals surface area contributed by atoms with Crippen molar-refractivity contribution >= 4 is 54.6 Å². The van der Waals surface area contributed by atoms with Crippen LogP contribution in [0.3, 0.4) is 0 Å². The van der Waals surface area contributed by atoms with Crippen LogP contribution in [0, 0.1) is 0 Å². The quantitative estimate of drug-likeness (QED) is 0.169. The number of nitrogens with zero attached hydrogens (tertiary/aromatic N) is 4. The summed E-state index contributed by atoms with van der Waals surface area (Å²) in [5.41, 5.74) is 15.7. The van der Waals surface area contributed by atoms with E-state index in [0.717, 1.165) is 44.7 Å². The third-order valence-corrected chi connectivity index (χ3v) is 11.9. The van der Waals surface area contributed by atoms with Gasteiger partial charge in [0, 0.05) is 21.5 Å². The van der Waals surface area contributed by atoms with Crippen molar-refractivity contribution in [3.63, 3.8) is 0 Å². The Labute approximate surface area is 346 Å². The predicted molar refractivity (Wildman–Crippen MR) is 250 cm³/mol. The third-order valence-electron chi connectivity index (χ3n) is 11.9. The molecule has 12 aromatic rings. The van der Waals surface area contributed by atoms with E-state index >= 15 is 0 Å². The highest BCUT2D eigenvalue weighted by Crippen LogP contribution is 2.39. The highest BCUT2D eigenvalue weighted by Gasteiger charge is 2.19. The summed E-state index contributed by atoms with van der Waals surface area (Å²) in [5, 5.41) is 4.77. The van der Waals surface area contributed by atoms with Gasteiger partial charge in [-0.25, -0.2) is 9.97 Å². The van der Waals surface area contributed by atoms with Crippen LogP contribution >= 0.6 is 0 Å². The third kappa shape index (κ3) is 5.61. The zero-order valence-electron chi connectivity index (χ0n) is 32.6. The molecule has 0 fully saturated rings. The molecule has 0 aliphatic rings.